The molecule has 0 fully saturated rings. The van der Waals surface area contributed by atoms with Crippen LogP contribution in [-0.2, 0) is 4.79 Å². The van der Waals surface area contributed by atoms with Gasteiger partial charge in [-0.2, -0.15) is 0 Å². The minimum Gasteiger partial charge on any atom is -0.477 e. The molecule has 6 heteroatoms. The molecule has 0 aromatic heterocycles. The number of hydrogen-bond acceptors (Lipinski definition) is 3. The number of hydrogen-bond donors (Lipinski definition) is 2. The van der Waals surface area contributed by atoms with E-state index >= 15 is 0 Å². The predicted molar refractivity (Wildman–Crippen MR) is 107 cm³/mol. The molecular formula is C22H16ClNO4. The number of amides is 1. The van der Waals surface area contributed by atoms with Gasteiger partial charge in [0.05, 0.1) is 0 Å². The molecule has 1 amide bonds. The third kappa shape index (κ3) is 5.22. The van der Waals surface area contributed by atoms with Crippen LogP contribution in [0.15, 0.2) is 84.6 Å². The van der Waals surface area contributed by atoms with Gasteiger partial charge in [0.25, 0.3) is 5.91 Å². The largest absolute Gasteiger partial charge is 0.477 e. The normalized spacial score (nSPS) is 11.0. The van der Waals surface area contributed by atoms with Crippen molar-refractivity contribution in [1.29, 1.82) is 0 Å². The van der Waals surface area contributed by atoms with E-state index in [0.717, 1.165) is 0 Å². The zero-order chi connectivity index (χ0) is 19.9. The topological polar surface area (TPSA) is 75.6 Å². The van der Waals surface area contributed by atoms with E-state index in [9.17, 15) is 14.7 Å². The molecule has 3 aromatic carbocycles. The molecule has 0 spiro atoms. The fourth-order valence-electron chi connectivity index (χ4n) is 2.40. The SMILES string of the molecule is O=C(O)/C(=C/c1ccc(Oc2cccc(Cl)c2)cc1)NC(=O)c1ccccc1. The minimum atomic E-state index is -1.23. The van der Waals surface area contributed by atoms with Gasteiger partial charge in [-0.05, 0) is 54.1 Å². The molecule has 5 nitrogen and oxygen atoms in total. The Labute approximate surface area is 166 Å². The number of carboxylic acid groups (broad SMARTS) is 1. The van der Waals surface area contributed by atoms with E-state index in [-0.39, 0.29) is 5.70 Å². The van der Waals surface area contributed by atoms with E-state index in [1.165, 1.54) is 6.08 Å². The predicted octanol–water partition coefficient (Wildman–Crippen LogP) is 4.99. The maximum Gasteiger partial charge on any atom is 0.352 e. The Kier molecular flexibility index (Phi) is 6.09. The van der Waals surface area contributed by atoms with E-state index in [0.29, 0.717) is 27.6 Å². The molecule has 0 aliphatic heterocycles. The Balaban J connectivity index is 1.74. The lowest BCUT2D eigenvalue weighted by Gasteiger charge is -2.08. The number of carbonyl (C=O) groups excluding carboxylic acids is 1. The first-order chi connectivity index (χ1) is 13.5. The Bertz CT molecular complexity index is 1010. The maximum atomic E-state index is 12.2. The molecule has 3 aromatic rings. The lowest BCUT2D eigenvalue weighted by atomic mass is 10.1. The van der Waals surface area contributed by atoms with Gasteiger partial charge in [0.2, 0.25) is 0 Å². The van der Waals surface area contributed by atoms with Crippen molar-refractivity contribution in [2.45, 2.75) is 0 Å². The van der Waals surface area contributed by atoms with Crippen molar-refractivity contribution in [1.82, 2.24) is 5.32 Å². The van der Waals surface area contributed by atoms with Gasteiger partial charge in [-0.15, -0.1) is 0 Å². The smallest absolute Gasteiger partial charge is 0.352 e. The summed E-state index contributed by atoms with van der Waals surface area (Å²) in [6, 6.07) is 22.2. The number of benzene rings is 3. The molecule has 0 saturated heterocycles. The number of nitrogens with one attached hydrogen (secondary N) is 1. The van der Waals surface area contributed by atoms with Crippen LogP contribution in [0.5, 0.6) is 11.5 Å². The standard InChI is InChI=1S/C22H16ClNO4/c23-17-7-4-8-19(14-17)28-18-11-9-15(10-12-18)13-20(22(26)27)24-21(25)16-5-2-1-3-6-16/h1-14H,(H,24,25)(H,26,27)/b20-13-. The second-order valence-electron chi connectivity index (χ2n) is 5.81. The molecule has 0 aliphatic rings. The van der Waals surface area contributed by atoms with Crippen LogP contribution in [0.3, 0.4) is 0 Å². The second kappa shape index (κ2) is 8.88. The van der Waals surface area contributed by atoms with E-state index in [4.69, 9.17) is 16.3 Å². The molecule has 3 rings (SSSR count). The molecule has 0 aliphatic carbocycles. The summed E-state index contributed by atoms with van der Waals surface area (Å²) in [5, 5.41) is 12.4. The van der Waals surface area contributed by atoms with Gasteiger partial charge in [0.1, 0.15) is 17.2 Å². The van der Waals surface area contributed by atoms with Crippen LogP contribution in [-0.4, -0.2) is 17.0 Å². The first kappa shape index (κ1) is 19.2. The molecule has 0 saturated carbocycles. The lowest BCUT2D eigenvalue weighted by molar-refractivity contribution is -0.132. The van der Waals surface area contributed by atoms with Gasteiger partial charge in [-0.1, -0.05) is 48.0 Å². The zero-order valence-electron chi connectivity index (χ0n) is 14.6. The molecule has 0 atom stereocenters. The van der Waals surface area contributed by atoms with E-state index in [1.807, 2.05) is 0 Å². The van der Waals surface area contributed by atoms with Gasteiger partial charge in [0, 0.05) is 10.6 Å². The highest BCUT2D eigenvalue weighted by Gasteiger charge is 2.13. The summed E-state index contributed by atoms with van der Waals surface area (Å²) >= 11 is 5.93. The number of carboxylic acids is 1. The van der Waals surface area contributed by atoms with Crippen molar-refractivity contribution in [2.24, 2.45) is 0 Å². The number of carbonyl (C=O) groups is 2. The molecule has 28 heavy (non-hydrogen) atoms. The molecule has 0 radical (unpaired) electrons. The van der Waals surface area contributed by atoms with E-state index < -0.39 is 11.9 Å². The van der Waals surface area contributed by atoms with Gasteiger partial charge in [-0.25, -0.2) is 4.79 Å². The highest BCUT2D eigenvalue weighted by molar-refractivity contribution is 6.30. The Morgan fingerprint density at radius 1 is 0.893 bits per heavy atom. The van der Waals surface area contributed by atoms with Crippen molar-refractivity contribution in [3.63, 3.8) is 0 Å². The summed E-state index contributed by atoms with van der Waals surface area (Å²) in [5.41, 5.74) is 0.751. The van der Waals surface area contributed by atoms with Gasteiger partial charge in [0.15, 0.2) is 0 Å². The maximum absolute atomic E-state index is 12.2. The lowest BCUT2D eigenvalue weighted by Crippen LogP contribution is -2.27. The van der Waals surface area contributed by atoms with Crippen LogP contribution in [0.1, 0.15) is 15.9 Å². The third-order valence-corrected chi connectivity index (χ3v) is 3.97. The quantitative estimate of drug-likeness (QED) is 0.578. The first-order valence-electron chi connectivity index (χ1n) is 8.36. The number of halogens is 1. The number of aliphatic carboxylic acids is 1. The van der Waals surface area contributed by atoms with Crippen LogP contribution >= 0.6 is 11.6 Å². The Morgan fingerprint density at radius 2 is 1.61 bits per heavy atom. The van der Waals surface area contributed by atoms with Crippen LogP contribution in [0, 0.1) is 0 Å². The van der Waals surface area contributed by atoms with Crippen LogP contribution in [0.4, 0.5) is 0 Å². The fraction of sp³-hybridized carbons (Fsp3) is 0. The molecule has 2 N–H and O–H groups in total. The summed E-state index contributed by atoms with van der Waals surface area (Å²) in [7, 11) is 0. The average molecular weight is 394 g/mol. The summed E-state index contributed by atoms with van der Waals surface area (Å²) in [4.78, 5) is 23.7. The minimum absolute atomic E-state index is 0.225. The molecule has 0 bridgehead atoms. The highest BCUT2D eigenvalue weighted by Crippen LogP contribution is 2.24. The average Bonchev–Trinajstić information content (AvgIpc) is 2.69. The van der Waals surface area contributed by atoms with E-state index in [1.54, 1.807) is 78.9 Å². The molecule has 0 heterocycles. The monoisotopic (exact) mass is 393 g/mol. The van der Waals surface area contributed by atoms with Crippen molar-refractivity contribution in [2.75, 3.05) is 0 Å². The summed E-state index contributed by atoms with van der Waals surface area (Å²) < 4.78 is 5.70. The van der Waals surface area contributed by atoms with Gasteiger partial charge >= 0.3 is 5.97 Å². The van der Waals surface area contributed by atoms with Crippen molar-refractivity contribution < 1.29 is 19.4 Å². The Morgan fingerprint density at radius 3 is 2.25 bits per heavy atom. The summed E-state index contributed by atoms with van der Waals surface area (Å²) in [6.45, 7) is 0. The van der Waals surface area contributed by atoms with Crippen molar-refractivity contribution in [3.8, 4) is 11.5 Å². The second-order valence-corrected chi connectivity index (χ2v) is 6.25. The molecule has 140 valence electrons. The summed E-state index contributed by atoms with van der Waals surface area (Å²) in [6.07, 6.45) is 1.38. The first-order valence-corrected chi connectivity index (χ1v) is 8.74. The van der Waals surface area contributed by atoms with Crippen LogP contribution in [0.25, 0.3) is 6.08 Å². The van der Waals surface area contributed by atoms with Crippen molar-refractivity contribution in [3.05, 3.63) is 101 Å². The van der Waals surface area contributed by atoms with Crippen LogP contribution in [0.2, 0.25) is 5.02 Å². The summed E-state index contributed by atoms with van der Waals surface area (Å²) in [5.74, 6) is -0.555. The molecule has 0 unspecified atom stereocenters. The zero-order valence-corrected chi connectivity index (χ0v) is 15.4. The number of rotatable bonds is 6. The fourth-order valence-corrected chi connectivity index (χ4v) is 2.58. The Hall–Kier alpha value is -3.57. The van der Waals surface area contributed by atoms with Crippen LogP contribution < -0.4 is 10.1 Å². The third-order valence-electron chi connectivity index (χ3n) is 3.74. The molecular weight excluding hydrogens is 378 g/mol. The number of ether oxygens (including phenoxy) is 1. The van der Waals surface area contributed by atoms with Crippen molar-refractivity contribution >= 4 is 29.6 Å². The van der Waals surface area contributed by atoms with E-state index in [2.05, 4.69) is 5.32 Å². The highest BCUT2D eigenvalue weighted by atomic mass is 35.5. The van der Waals surface area contributed by atoms with Gasteiger partial charge < -0.3 is 15.2 Å². The van der Waals surface area contributed by atoms with Gasteiger partial charge in [-0.3, -0.25) is 4.79 Å².